The Morgan fingerprint density at radius 2 is 2.05 bits per heavy atom. The number of carbonyl (C=O) groups excluding carboxylic acids is 1. The molecule has 3 nitrogen and oxygen atoms in total. The molecule has 0 saturated heterocycles. The summed E-state index contributed by atoms with van der Waals surface area (Å²) in [6.07, 6.45) is 1.01. The third kappa shape index (κ3) is 5.23. The van der Waals surface area contributed by atoms with Crippen LogP contribution in [0.15, 0.2) is 24.3 Å². The molecule has 0 spiro atoms. The molecule has 0 aromatic heterocycles. The zero-order valence-electron chi connectivity index (χ0n) is 11.8. The van der Waals surface area contributed by atoms with Gasteiger partial charge in [-0.2, -0.15) is 0 Å². The highest BCUT2D eigenvalue weighted by Gasteiger charge is 2.19. The van der Waals surface area contributed by atoms with Crippen molar-refractivity contribution in [3.8, 4) is 5.75 Å². The molecule has 0 aliphatic heterocycles. The van der Waals surface area contributed by atoms with Crippen LogP contribution >= 0.6 is 15.9 Å². The maximum Gasteiger partial charge on any atom is 0.255 e. The van der Waals surface area contributed by atoms with E-state index in [0.717, 1.165) is 11.8 Å². The summed E-state index contributed by atoms with van der Waals surface area (Å²) < 4.78 is 5.47. The van der Waals surface area contributed by atoms with Crippen LogP contribution in [0.25, 0.3) is 0 Å². The highest BCUT2D eigenvalue weighted by atomic mass is 79.9. The standard InChI is InChI=1S/C15H22BrNO2/c1-4-19-13-8-6-5-7-12(13)14(18)17-11-15(2,3)9-10-16/h5-8H,4,9-11H2,1-3H3,(H,17,18). The molecule has 1 N–H and O–H groups in total. The highest BCUT2D eigenvalue weighted by molar-refractivity contribution is 9.09. The topological polar surface area (TPSA) is 38.3 Å². The second-order valence-corrected chi connectivity index (χ2v) is 6.01. The van der Waals surface area contributed by atoms with Gasteiger partial charge in [-0.3, -0.25) is 4.79 Å². The van der Waals surface area contributed by atoms with E-state index in [1.807, 2.05) is 25.1 Å². The van der Waals surface area contributed by atoms with E-state index < -0.39 is 0 Å². The summed E-state index contributed by atoms with van der Waals surface area (Å²) >= 11 is 3.44. The lowest BCUT2D eigenvalue weighted by molar-refractivity contribution is 0.0932. The van der Waals surface area contributed by atoms with Gasteiger partial charge in [0.2, 0.25) is 0 Å². The second-order valence-electron chi connectivity index (χ2n) is 5.22. The summed E-state index contributed by atoms with van der Waals surface area (Å²) in [5.74, 6) is 0.562. The van der Waals surface area contributed by atoms with Crippen LogP contribution in [0.2, 0.25) is 0 Å². The quantitative estimate of drug-likeness (QED) is 0.776. The third-order valence-corrected chi connectivity index (χ3v) is 3.33. The lowest BCUT2D eigenvalue weighted by atomic mass is 9.90. The molecular weight excluding hydrogens is 306 g/mol. The zero-order chi connectivity index (χ0) is 14.3. The van der Waals surface area contributed by atoms with Gasteiger partial charge in [-0.05, 0) is 30.9 Å². The van der Waals surface area contributed by atoms with Gasteiger partial charge in [-0.25, -0.2) is 0 Å². The number of carbonyl (C=O) groups is 1. The zero-order valence-corrected chi connectivity index (χ0v) is 13.4. The molecule has 0 atom stereocenters. The Hall–Kier alpha value is -1.03. The minimum absolute atomic E-state index is 0.0771. The van der Waals surface area contributed by atoms with Crippen molar-refractivity contribution < 1.29 is 9.53 Å². The molecule has 0 heterocycles. The van der Waals surface area contributed by atoms with Gasteiger partial charge in [0.1, 0.15) is 5.75 Å². The Balaban J connectivity index is 2.68. The van der Waals surface area contributed by atoms with E-state index in [-0.39, 0.29) is 11.3 Å². The molecule has 1 aromatic rings. The van der Waals surface area contributed by atoms with E-state index in [2.05, 4.69) is 35.1 Å². The van der Waals surface area contributed by atoms with Crippen molar-refractivity contribution in [2.75, 3.05) is 18.5 Å². The van der Waals surface area contributed by atoms with Crippen LogP contribution in [-0.4, -0.2) is 24.4 Å². The first kappa shape index (κ1) is 16.0. The average molecular weight is 328 g/mol. The molecular formula is C15H22BrNO2. The van der Waals surface area contributed by atoms with Gasteiger partial charge in [0.15, 0.2) is 0 Å². The minimum atomic E-state index is -0.0771. The van der Waals surface area contributed by atoms with Gasteiger partial charge >= 0.3 is 0 Å². The van der Waals surface area contributed by atoms with Crippen LogP contribution < -0.4 is 10.1 Å². The summed E-state index contributed by atoms with van der Waals surface area (Å²) in [5, 5.41) is 3.92. The molecule has 106 valence electrons. The van der Waals surface area contributed by atoms with Crippen LogP contribution in [0.3, 0.4) is 0 Å². The predicted octanol–water partition coefficient (Wildman–Crippen LogP) is 3.63. The van der Waals surface area contributed by atoms with Crippen molar-refractivity contribution in [2.45, 2.75) is 27.2 Å². The van der Waals surface area contributed by atoms with E-state index in [0.29, 0.717) is 24.5 Å². The number of hydrogen-bond acceptors (Lipinski definition) is 2. The van der Waals surface area contributed by atoms with E-state index >= 15 is 0 Å². The lowest BCUT2D eigenvalue weighted by Gasteiger charge is -2.24. The molecule has 0 aliphatic rings. The highest BCUT2D eigenvalue weighted by Crippen LogP contribution is 2.21. The van der Waals surface area contributed by atoms with Crippen molar-refractivity contribution in [3.63, 3.8) is 0 Å². The Kier molecular flexibility index (Phi) is 6.35. The van der Waals surface area contributed by atoms with Crippen molar-refractivity contribution in [1.82, 2.24) is 5.32 Å². The number of hydrogen-bond donors (Lipinski definition) is 1. The van der Waals surface area contributed by atoms with Crippen molar-refractivity contribution in [2.24, 2.45) is 5.41 Å². The minimum Gasteiger partial charge on any atom is -0.493 e. The number of ether oxygens (including phenoxy) is 1. The molecule has 4 heteroatoms. The molecule has 1 rings (SSSR count). The number of rotatable bonds is 7. The fourth-order valence-corrected chi connectivity index (χ4v) is 2.77. The summed E-state index contributed by atoms with van der Waals surface area (Å²) in [6.45, 7) is 7.40. The monoisotopic (exact) mass is 327 g/mol. The number of nitrogens with one attached hydrogen (secondary N) is 1. The Labute approximate surface area is 123 Å². The van der Waals surface area contributed by atoms with E-state index in [9.17, 15) is 4.79 Å². The smallest absolute Gasteiger partial charge is 0.255 e. The van der Waals surface area contributed by atoms with Crippen molar-refractivity contribution >= 4 is 21.8 Å². The first-order valence-corrected chi connectivity index (χ1v) is 7.68. The second kappa shape index (κ2) is 7.53. The molecule has 19 heavy (non-hydrogen) atoms. The normalized spacial score (nSPS) is 11.2. The molecule has 0 saturated carbocycles. The summed E-state index contributed by atoms with van der Waals surface area (Å²) in [5.41, 5.74) is 0.679. The Morgan fingerprint density at radius 1 is 1.37 bits per heavy atom. The number of para-hydroxylation sites is 1. The third-order valence-electron chi connectivity index (χ3n) is 2.93. The maximum atomic E-state index is 12.2. The van der Waals surface area contributed by atoms with Crippen LogP contribution in [0, 0.1) is 5.41 Å². The average Bonchev–Trinajstić information content (AvgIpc) is 2.37. The van der Waals surface area contributed by atoms with Gasteiger partial charge in [-0.15, -0.1) is 0 Å². The lowest BCUT2D eigenvalue weighted by Crippen LogP contribution is -2.34. The predicted molar refractivity (Wildman–Crippen MR) is 82.1 cm³/mol. The molecule has 0 radical (unpaired) electrons. The van der Waals surface area contributed by atoms with Crippen molar-refractivity contribution in [1.29, 1.82) is 0 Å². The fourth-order valence-electron chi connectivity index (χ4n) is 1.69. The van der Waals surface area contributed by atoms with Gasteiger partial charge in [0.05, 0.1) is 12.2 Å². The number of alkyl halides is 1. The molecule has 0 unspecified atom stereocenters. The molecule has 0 bridgehead atoms. The summed E-state index contributed by atoms with van der Waals surface area (Å²) in [7, 11) is 0. The molecule has 0 fully saturated rings. The first-order chi connectivity index (χ1) is 9.00. The summed E-state index contributed by atoms with van der Waals surface area (Å²) in [6, 6.07) is 7.33. The van der Waals surface area contributed by atoms with Crippen LogP contribution in [-0.2, 0) is 0 Å². The largest absolute Gasteiger partial charge is 0.493 e. The first-order valence-electron chi connectivity index (χ1n) is 6.56. The van der Waals surface area contributed by atoms with Gasteiger partial charge in [0, 0.05) is 11.9 Å². The van der Waals surface area contributed by atoms with Crippen LogP contribution in [0.4, 0.5) is 0 Å². The van der Waals surface area contributed by atoms with Gasteiger partial charge in [0.25, 0.3) is 5.91 Å². The maximum absolute atomic E-state index is 12.2. The van der Waals surface area contributed by atoms with E-state index in [4.69, 9.17) is 4.74 Å². The van der Waals surface area contributed by atoms with Gasteiger partial charge < -0.3 is 10.1 Å². The molecule has 1 amide bonds. The Morgan fingerprint density at radius 3 is 2.68 bits per heavy atom. The van der Waals surface area contributed by atoms with E-state index in [1.165, 1.54) is 0 Å². The Bertz CT molecular complexity index is 418. The van der Waals surface area contributed by atoms with Crippen LogP contribution in [0.1, 0.15) is 37.6 Å². The number of amides is 1. The van der Waals surface area contributed by atoms with Crippen molar-refractivity contribution in [3.05, 3.63) is 29.8 Å². The fraction of sp³-hybridized carbons (Fsp3) is 0.533. The van der Waals surface area contributed by atoms with Gasteiger partial charge in [-0.1, -0.05) is 41.9 Å². The SMILES string of the molecule is CCOc1ccccc1C(=O)NCC(C)(C)CCBr. The molecule has 1 aromatic carbocycles. The van der Waals surface area contributed by atoms with E-state index in [1.54, 1.807) is 6.07 Å². The number of halogens is 1. The van der Waals surface area contributed by atoms with Crippen LogP contribution in [0.5, 0.6) is 5.75 Å². The number of benzene rings is 1. The molecule has 0 aliphatic carbocycles. The summed E-state index contributed by atoms with van der Waals surface area (Å²) in [4.78, 5) is 12.2.